The van der Waals surface area contributed by atoms with E-state index in [-0.39, 0.29) is 24.0 Å². The molecule has 144 valence electrons. The molecule has 1 atom stereocenters. The molecule has 25 heavy (non-hydrogen) atoms. The van der Waals surface area contributed by atoms with Crippen molar-refractivity contribution in [3.05, 3.63) is 16.1 Å². The first kappa shape index (κ1) is 22.6. The van der Waals surface area contributed by atoms with Gasteiger partial charge in [-0.2, -0.15) is 0 Å². The Morgan fingerprint density at radius 3 is 2.84 bits per heavy atom. The van der Waals surface area contributed by atoms with Gasteiger partial charge in [-0.05, 0) is 51.6 Å². The van der Waals surface area contributed by atoms with E-state index in [1.165, 1.54) is 55.2 Å². The Labute approximate surface area is 174 Å². The fourth-order valence-electron chi connectivity index (χ4n) is 3.18. The van der Waals surface area contributed by atoms with Crippen molar-refractivity contribution < 1.29 is 0 Å². The molecule has 5 nitrogen and oxygen atoms in total. The van der Waals surface area contributed by atoms with Gasteiger partial charge >= 0.3 is 0 Å². The number of aromatic nitrogens is 1. The van der Waals surface area contributed by atoms with Gasteiger partial charge in [0, 0.05) is 44.2 Å². The van der Waals surface area contributed by atoms with Gasteiger partial charge in [0.1, 0.15) is 0 Å². The van der Waals surface area contributed by atoms with E-state index in [1.807, 2.05) is 13.2 Å². The Morgan fingerprint density at radius 1 is 1.36 bits per heavy atom. The van der Waals surface area contributed by atoms with Crippen molar-refractivity contribution in [3.63, 3.8) is 0 Å². The molecule has 2 rings (SSSR count). The van der Waals surface area contributed by atoms with Crippen LogP contribution in [0, 0.1) is 12.8 Å². The van der Waals surface area contributed by atoms with Crippen LogP contribution in [0.3, 0.4) is 0 Å². The van der Waals surface area contributed by atoms with Gasteiger partial charge in [0.15, 0.2) is 5.96 Å². The quantitative estimate of drug-likeness (QED) is 0.260. The van der Waals surface area contributed by atoms with Gasteiger partial charge in [0.05, 0.1) is 5.01 Å². The number of aliphatic imine (C=N–C) groups is 1. The van der Waals surface area contributed by atoms with Gasteiger partial charge in [0.25, 0.3) is 0 Å². The summed E-state index contributed by atoms with van der Waals surface area (Å²) in [5.41, 5.74) is 0. The third-order valence-corrected chi connectivity index (χ3v) is 5.43. The highest BCUT2D eigenvalue weighted by atomic mass is 127. The number of guanidine groups is 1. The number of likely N-dealkylation sites (tertiary alicyclic amines) is 1. The number of halogens is 1. The fraction of sp³-hybridized carbons (Fsp3) is 0.778. The summed E-state index contributed by atoms with van der Waals surface area (Å²) in [6.07, 6.45) is 8.12. The summed E-state index contributed by atoms with van der Waals surface area (Å²) in [7, 11) is 1.83. The van der Waals surface area contributed by atoms with E-state index >= 15 is 0 Å². The molecule has 0 aliphatic carbocycles. The molecule has 2 heterocycles. The summed E-state index contributed by atoms with van der Waals surface area (Å²) in [5, 5.41) is 7.97. The van der Waals surface area contributed by atoms with E-state index in [0.717, 1.165) is 31.4 Å². The Hall–Kier alpha value is -0.410. The fourth-order valence-corrected chi connectivity index (χ4v) is 3.97. The molecular weight excluding hydrogens is 445 g/mol. The van der Waals surface area contributed by atoms with Crippen molar-refractivity contribution in [3.8, 4) is 0 Å². The summed E-state index contributed by atoms with van der Waals surface area (Å²) >= 11 is 1.77. The number of rotatable bonds is 8. The minimum Gasteiger partial charge on any atom is -0.356 e. The largest absolute Gasteiger partial charge is 0.356 e. The lowest BCUT2D eigenvalue weighted by molar-refractivity contribution is 0.181. The molecule has 2 N–H and O–H groups in total. The first-order valence-corrected chi connectivity index (χ1v) is 10.1. The van der Waals surface area contributed by atoms with E-state index < -0.39 is 0 Å². The molecule has 0 aromatic carbocycles. The minimum atomic E-state index is 0. The Balaban J connectivity index is 0.00000312. The first-order valence-electron chi connectivity index (χ1n) is 9.25. The summed E-state index contributed by atoms with van der Waals surface area (Å²) in [5.74, 6) is 1.77. The zero-order valence-electron chi connectivity index (χ0n) is 15.9. The van der Waals surface area contributed by atoms with Crippen LogP contribution in [0.1, 0.15) is 42.5 Å². The van der Waals surface area contributed by atoms with E-state index in [0.29, 0.717) is 0 Å². The number of unbranched alkanes of at least 4 members (excludes halogenated alkanes) is 1. The maximum absolute atomic E-state index is 4.39. The van der Waals surface area contributed by atoms with Crippen LogP contribution in [-0.2, 0) is 6.42 Å². The monoisotopic (exact) mass is 479 g/mol. The van der Waals surface area contributed by atoms with Crippen molar-refractivity contribution >= 4 is 41.3 Å². The number of piperidine rings is 1. The van der Waals surface area contributed by atoms with Crippen molar-refractivity contribution in [2.75, 3.05) is 39.8 Å². The summed E-state index contributed by atoms with van der Waals surface area (Å²) in [6.45, 7) is 10.1. The molecule has 1 aliphatic rings. The molecular formula is C18H34IN5S. The molecule has 1 unspecified atom stereocenters. The van der Waals surface area contributed by atoms with E-state index in [2.05, 4.69) is 39.4 Å². The molecule has 0 radical (unpaired) electrons. The zero-order chi connectivity index (χ0) is 17.2. The third kappa shape index (κ3) is 9.19. The molecule has 1 aromatic heterocycles. The SMILES string of the molecule is CN=C(NCCCCN1CCCC(C)C1)NCCc1ncc(C)s1.I. The lowest BCUT2D eigenvalue weighted by Gasteiger charge is -2.30. The van der Waals surface area contributed by atoms with Crippen molar-refractivity contribution in [2.24, 2.45) is 10.9 Å². The highest BCUT2D eigenvalue weighted by Gasteiger charge is 2.15. The number of nitrogens with one attached hydrogen (secondary N) is 2. The minimum absolute atomic E-state index is 0. The first-order chi connectivity index (χ1) is 11.7. The highest BCUT2D eigenvalue weighted by molar-refractivity contribution is 14.0. The standard InChI is InChI=1S/C18H33N5S.HI/c1-15-7-6-12-23(14-15)11-5-4-9-20-18(19-3)21-10-8-17-22-13-16(2)24-17;/h13,15H,4-12,14H2,1-3H3,(H2,19,20,21);1H. The molecule has 1 fully saturated rings. The lowest BCUT2D eigenvalue weighted by atomic mass is 10.0. The van der Waals surface area contributed by atoms with Crippen LogP contribution >= 0.6 is 35.3 Å². The topological polar surface area (TPSA) is 52.6 Å². The molecule has 1 aliphatic heterocycles. The maximum atomic E-state index is 4.39. The smallest absolute Gasteiger partial charge is 0.190 e. The third-order valence-electron chi connectivity index (χ3n) is 4.46. The highest BCUT2D eigenvalue weighted by Crippen LogP contribution is 2.15. The Kier molecular flexibility index (Phi) is 11.6. The predicted molar refractivity (Wildman–Crippen MR) is 119 cm³/mol. The Bertz CT molecular complexity index is 505. The number of hydrogen-bond donors (Lipinski definition) is 2. The summed E-state index contributed by atoms with van der Waals surface area (Å²) in [6, 6.07) is 0. The van der Waals surface area contributed by atoms with Crippen LogP contribution in [0.4, 0.5) is 0 Å². The summed E-state index contributed by atoms with van der Waals surface area (Å²) in [4.78, 5) is 12.6. The van der Waals surface area contributed by atoms with Crippen LogP contribution in [0.5, 0.6) is 0 Å². The molecule has 0 bridgehead atoms. The van der Waals surface area contributed by atoms with Crippen molar-refractivity contribution in [1.82, 2.24) is 20.5 Å². The molecule has 0 saturated carbocycles. The average molecular weight is 479 g/mol. The average Bonchev–Trinajstić information content (AvgIpc) is 2.98. The van der Waals surface area contributed by atoms with Crippen molar-refractivity contribution in [2.45, 2.75) is 46.0 Å². The van der Waals surface area contributed by atoms with E-state index in [4.69, 9.17) is 0 Å². The maximum Gasteiger partial charge on any atom is 0.190 e. The van der Waals surface area contributed by atoms with Crippen molar-refractivity contribution in [1.29, 1.82) is 0 Å². The molecule has 0 spiro atoms. The number of nitrogens with zero attached hydrogens (tertiary/aromatic N) is 3. The van der Waals surface area contributed by atoms with Gasteiger partial charge in [-0.15, -0.1) is 35.3 Å². The van der Waals surface area contributed by atoms with Crippen LogP contribution in [0.2, 0.25) is 0 Å². The molecule has 0 amide bonds. The van der Waals surface area contributed by atoms with Gasteiger partial charge in [-0.1, -0.05) is 6.92 Å². The van der Waals surface area contributed by atoms with E-state index in [9.17, 15) is 0 Å². The van der Waals surface area contributed by atoms with Gasteiger partial charge in [0.2, 0.25) is 0 Å². The molecule has 1 saturated heterocycles. The predicted octanol–water partition coefficient (Wildman–Crippen LogP) is 3.29. The second kappa shape index (κ2) is 12.9. The Morgan fingerprint density at radius 2 is 2.16 bits per heavy atom. The number of hydrogen-bond acceptors (Lipinski definition) is 4. The van der Waals surface area contributed by atoms with Crippen LogP contribution in [-0.4, -0.2) is 55.6 Å². The second-order valence-electron chi connectivity index (χ2n) is 6.80. The molecule has 1 aromatic rings. The second-order valence-corrected chi connectivity index (χ2v) is 8.11. The van der Waals surface area contributed by atoms with Crippen LogP contribution < -0.4 is 10.6 Å². The summed E-state index contributed by atoms with van der Waals surface area (Å²) < 4.78 is 0. The van der Waals surface area contributed by atoms with Gasteiger partial charge in [-0.25, -0.2) is 4.98 Å². The van der Waals surface area contributed by atoms with E-state index in [1.54, 1.807) is 11.3 Å². The van der Waals surface area contributed by atoms with Gasteiger partial charge < -0.3 is 15.5 Å². The zero-order valence-corrected chi connectivity index (χ0v) is 19.0. The van der Waals surface area contributed by atoms with Crippen LogP contribution in [0.25, 0.3) is 0 Å². The number of thiazole rings is 1. The van der Waals surface area contributed by atoms with Crippen LogP contribution in [0.15, 0.2) is 11.2 Å². The normalized spacial score (nSPS) is 18.7. The molecule has 7 heteroatoms. The van der Waals surface area contributed by atoms with Gasteiger partial charge in [-0.3, -0.25) is 4.99 Å². The lowest BCUT2D eigenvalue weighted by Crippen LogP contribution is -2.39. The number of aryl methyl sites for hydroxylation is 1.